The van der Waals surface area contributed by atoms with Crippen LogP contribution in [0.2, 0.25) is 0 Å². The highest BCUT2D eigenvalue weighted by Gasteiger charge is 2.24. The molecule has 0 saturated heterocycles. The Balaban J connectivity index is 1.56. The number of methoxy groups -OCH3 is 1. The van der Waals surface area contributed by atoms with Crippen LogP contribution < -0.4 is 10.1 Å². The van der Waals surface area contributed by atoms with Crippen LogP contribution in [-0.2, 0) is 17.8 Å². The number of aromatic nitrogens is 3. The molecule has 33 heavy (non-hydrogen) atoms. The predicted molar refractivity (Wildman–Crippen MR) is 132 cm³/mol. The molecule has 4 rings (SSSR count). The topological polar surface area (TPSA) is 69.0 Å². The van der Waals surface area contributed by atoms with Crippen LogP contribution in [0.1, 0.15) is 44.6 Å². The largest absolute Gasteiger partial charge is 0.496 e. The summed E-state index contributed by atoms with van der Waals surface area (Å²) in [6.45, 7) is 2.66. The average Bonchev–Trinajstić information content (AvgIpc) is 3.25. The lowest BCUT2D eigenvalue weighted by molar-refractivity contribution is -0.121. The van der Waals surface area contributed by atoms with Gasteiger partial charge in [0.1, 0.15) is 5.75 Å². The van der Waals surface area contributed by atoms with E-state index in [9.17, 15) is 4.79 Å². The van der Waals surface area contributed by atoms with Gasteiger partial charge >= 0.3 is 0 Å². The molecular weight excluding hydrogens is 432 g/mol. The van der Waals surface area contributed by atoms with Crippen molar-refractivity contribution < 1.29 is 9.53 Å². The van der Waals surface area contributed by atoms with E-state index in [0.717, 1.165) is 41.6 Å². The molecule has 1 aliphatic carbocycles. The van der Waals surface area contributed by atoms with Crippen molar-refractivity contribution in [3.8, 4) is 17.1 Å². The highest BCUT2D eigenvalue weighted by Crippen LogP contribution is 2.32. The second-order valence-electron chi connectivity index (χ2n) is 8.50. The monoisotopic (exact) mass is 464 g/mol. The van der Waals surface area contributed by atoms with Gasteiger partial charge in [-0.1, -0.05) is 73.5 Å². The minimum absolute atomic E-state index is 0.0725. The summed E-state index contributed by atoms with van der Waals surface area (Å²) in [7, 11) is 1.66. The zero-order valence-corrected chi connectivity index (χ0v) is 20.2. The molecule has 1 atom stereocenters. The third-order valence-corrected chi connectivity index (χ3v) is 7.22. The van der Waals surface area contributed by atoms with Crippen LogP contribution in [0.25, 0.3) is 11.4 Å². The van der Waals surface area contributed by atoms with Gasteiger partial charge in [0.25, 0.3) is 0 Å². The molecule has 1 fully saturated rings. The van der Waals surface area contributed by atoms with E-state index in [4.69, 9.17) is 4.74 Å². The molecule has 2 aromatic carbocycles. The summed E-state index contributed by atoms with van der Waals surface area (Å²) in [6, 6.07) is 18.5. The number of thioether (sulfide) groups is 1. The SMILES string of the molecule is COc1ccccc1-c1nnc(SC(C)C(=O)NC2CCCCC2)n1CCc1ccccc1. The Morgan fingerprint density at radius 3 is 2.58 bits per heavy atom. The Bertz CT molecular complexity index is 1050. The summed E-state index contributed by atoms with van der Waals surface area (Å²) in [5.41, 5.74) is 2.14. The standard InChI is InChI=1S/C26H32N4O2S/c1-19(25(31)27-21-13-7-4-8-14-21)33-26-29-28-24(22-15-9-10-16-23(22)32-2)30(26)18-17-20-11-5-3-6-12-20/h3,5-6,9-12,15-16,19,21H,4,7-8,13-14,17-18H2,1-2H3,(H,27,31). The molecule has 1 aromatic heterocycles. The number of carbonyl (C=O) groups excluding carboxylic acids is 1. The summed E-state index contributed by atoms with van der Waals surface area (Å²) in [4.78, 5) is 12.9. The molecule has 1 aliphatic rings. The van der Waals surface area contributed by atoms with E-state index >= 15 is 0 Å². The van der Waals surface area contributed by atoms with Crippen LogP contribution in [0, 0.1) is 0 Å². The van der Waals surface area contributed by atoms with Crippen molar-refractivity contribution in [1.82, 2.24) is 20.1 Å². The first-order chi connectivity index (χ1) is 16.2. The van der Waals surface area contributed by atoms with E-state index in [-0.39, 0.29) is 11.2 Å². The van der Waals surface area contributed by atoms with Gasteiger partial charge in [0, 0.05) is 12.6 Å². The van der Waals surface area contributed by atoms with Crippen molar-refractivity contribution >= 4 is 17.7 Å². The van der Waals surface area contributed by atoms with E-state index in [1.54, 1.807) is 7.11 Å². The van der Waals surface area contributed by atoms with Gasteiger partial charge in [0.15, 0.2) is 11.0 Å². The lowest BCUT2D eigenvalue weighted by Gasteiger charge is -2.24. The molecule has 174 valence electrons. The van der Waals surface area contributed by atoms with Gasteiger partial charge in [-0.3, -0.25) is 4.79 Å². The van der Waals surface area contributed by atoms with E-state index in [1.165, 1.54) is 36.6 Å². The van der Waals surface area contributed by atoms with Gasteiger partial charge in [-0.05, 0) is 43.9 Å². The molecule has 6 nitrogen and oxygen atoms in total. The molecular formula is C26H32N4O2S. The minimum Gasteiger partial charge on any atom is -0.496 e. The van der Waals surface area contributed by atoms with Gasteiger partial charge in [-0.15, -0.1) is 10.2 Å². The summed E-state index contributed by atoms with van der Waals surface area (Å²) >= 11 is 1.47. The third-order valence-electron chi connectivity index (χ3n) is 6.13. The zero-order valence-electron chi connectivity index (χ0n) is 19.4. The summed E-state index contributed by atoms with van der Waals surface area (Å²) in [6.07, 6.45) is 6.66. The number of nitrogens with zero attached hydrogens (tertiary/aromatic N) is 3. The number of hydrogen-bond acceptors (Lipinski definition) is 5. The van der Waals surface area contributed by atoms with Gasteiger partial charge in [0.05, 0.1) is 17.9 Å². The molecule has 0 bridgehead atoms. The Morgan fingerprint density at radius 1 is 1.09 bits per heavy atom. The Hall–Kier alpha value is -2.80. The van der Waals surface area contributed by atoms with Crippen LogP contribution in [-0.4, -0.2) is 39.1 Å². The van der Waals surface area contributed by atoms with E-state index < -0.39 is 0 Å². The van der Waals surface area contributed by atoms with Crippen LogP contribution >= 0.6 is 11.8 Å². The molecule has 1 saturated carbocycles. The van der Waals surface area contributed by atoms with Gasteiger partial charge in [-0.25, -0.2) is 0 Å². The highest BCUT2D eigenvalue weighted by atomic mass is 32.2. The van der Waals surface area contributed by atoms with Crippen molar-refractivity contribution in [2.24, 2.45) is 0 Å². The number of nitrogens with one attached hydrogen (secondary N) is 1. The maximum Gasteiger partial charge on any atom is 0.233 e. The number of para-hydroxylation sites is 1. The number of amides is 1. The van der Waals surface area contributed by atoms with Crippen LogP contribution in [0.4, 0.5) is 0 Å². The fourth-order valence-corrected chi connectivity index (χ4v) is 5.15. The second kappa shape index (κ2) is 11.4. The quantitative estimate of drug-likeness (QED) is 0.445. The lowest BCUT2D eigenvalue weighted by Crippen LogP contribution is -2.40. The summed E-state index contributed by atoms with van der Waals surface area (Å²) in [5, 5.41) is 12.7. The van der Waals surface area contributed by atoms with Crippen molar-refractivity contribution in [1.29, 1.82) is 0 Å². The smallest absolute Gasteiger partial charge is 0.233 e. The van der Waals surface area contributed by atoms with Crippen molar-refractivity contribution in [3.05, 3.63) is 60.2 Å². The minimum atomic E-state index is -0.253. The van der Waals surface area contributed by atoms with Crippen LogP contribution in [0.5, 0.6) is 5.75 Å². The van der Waals surface area contributed by atoms with Crippen molar-refractivity contribution in [2.75, 3.05) is 7.11 Å². The Labute approximate surface area is 200 Å². The first-order valence-electron chi connectivity index (χ1n) is 11.7. The number of hydrogen-bond donors (Lipinski definition) is 1. The highest BCUT2D eigenvalue weighted by molar-refractivity contribution is 8.00. The fraction of sp³-hybridized carbons (Fsp3) is 0.423. The van der Waals surface area contributed by atoms with Crippen molar-refractivity contribution in [2.45, 2.75) is 68.4 Å². The molecule has 1 N–H and O–H groups in total. The number of ether oxygens (including phenoxy) is 1. The van der Waals surface area contributed by atoms with Crippen molar-refractivity contribution in [3.63, 3.8) is 0 Å². The summed E-state index contributed by atoms with van der Waals surface area (Å²) in [5.74, 6) is 1.58. The molecule has 7 heteroatoms. The number of carbonyl (C=O) groups is 1. The molecule has 0 aliphatic heterocycles. The maximum absolute atomic E-state index is 12.9. The van der Waals surface area contributed by atoms with E-state index in [2.05, 4.69) is 44.3 Å². The fourth-order valence-electron chi connectivity index (χ4n) is 4.27. The molecule has 1 heterocycles. The summed E-state index contributed by atoms with van der Waals surface area (Å²) < 4.78 is 7.69. The number of rotatable bonds is 9. The van der Waals surface area contributed by atoms with Crippen LogP contribution in [0.3, 0.4) is 0 Å². The number of benzene rings is 2. The molecule has 0 radical (unpaired) electrons. The van der Waals surface area contributed by atoms with Crippen LogP contribution in [0.15, 0.2) is 59.8 Å². The predicted octanol–water partition coefficient (Wildman–Crippen LogP) is 5.13. The Morgan fingerprint density at radius 2 is 1.82 bits per heavy atom. The molecule has 0 spiro atoms. The maximum atomic E-state index is 12.9. The van der Waals surface area contributed by atoms with Gasteiger partial charge < -0.3 is 14.6 Å². The average molecular weight is 465 g/mol. The van der Waals surface area contributed by atoms with E-state index in [0.29, 0.717) is 12.6 Å². The molecule has 3 aromatic rings. The van der Waals surface area contributed by atoms with E-state index in [1.807, 2.05) is 37.3 Å². The molecule has 1 amide bonds. The van der Waals surface area contributed by atoms with Gasteiger partial charge in [0.2, 0.25) is 5.91 Å². The molecule has 1 unspecified atom stereocenters. The Kier molecular flexibility index (Phi) is 8.05. The first-order valence-corrected chi connectivity index (χ1v) is 12.6. The number of aryl methyl sites for hydroxylation is 1. The normalized spacial score (nSPS) is 15.2. The zero-order chi connectivity index (χ0) is 23.0. The lowest BCUT2D eigenvalue weighted by atomic mass is 9.95. The van der Waals surface area contributed by atoms with Gasteiger partial charge in [-0.2, -0.15) is 0 Å². The first kappa shape index (κ1) is 23.4. The second-order valence-corrected chi connectivity index (χ2v) is 9.81. The third kappa shape index (κ3) is 5.96.